The van der Waals surface area contributed by atoms with E-state index >= 15 is 0 Å². The summed E-state index contributed by atoms with van der Waals surface area (Å²) in [6.07, 6.45) is 8.12. The van der Waals surface area contributed by atoms with E-state index in [0.717, 1.165) is 42.0 Å². The van der Waals surface area contributed by atoms with Crippen LogP contribution in [0.3, 0.4) is 0 Å². The SMILES string of the molecule is COC1CCN(c2nc(Br)cn3ccnc23)CC1. The van der Waals surface area contributed by atoms with E-state index in [0.29, 0.717) is 6.10 Å². The number of anilines is 1. The lowest BCUT2D eigenvalue weighted by Crippen LogP contribution is -2.37. The van der Waals surface area contributed by atoms with Gasteiger partial charge >= 0.3 is 0 Å². The molecular weight excluding hydrogens is 296 g/mol. The largest absolute Gasteiger partial charge is 0.381 e. The fraction of sp³-hybridized carbons (Fsp3) is 0.500. The van der Waals surface area contributed by atoms with Crippen molar-refractivity contribution in [3.8, 4) is 0 Å². The molecule has 1 saturated heterocycles. The van der Waals surface area contributed by atoms with Crippen molar-refractivity contribution in [2.24, 2.45) is 0 Å². The summed E-state index contributed by atoms with van der Waals surface area (Å²) in [5, 5.41) is 0. The zero-order valence-corrected chi connectivity index (χ0v) is 11.8. The van der Waals surface area contributed by atoms with Gasteiger partial charge in [-0.25, -0.2) is 9.97 Å². The minimum Gasteiger partial charge on any atom is -0.381 e. The summed E-state index contributed by atoms with van der Waals surface area (Å²) in [7, 11) is 1.78. The van der Waals surface area contributed by atoms with Gasteiger partial charge in [0.05, 0.1) is 6.10 Å². The van der Waals surface area contributed by atoms with Gasteiger partial charge in [-0.05, 0) is 28.8 Å². The number of methoxy groups -OCH3 is 1. The van der Waals surface area contributed by atoms with Crippen LogP contribution in [0.15, 0.2) is 23.2 Å². The Bertz CT molecular complexity index is 548. The molecule has 5 nitrogen and oxygen atoms in total. The molecule has 1 aliphatic rings. The summed E-state index contributed by atoms with van der Waals surface area (Å²) in [5.74, 6) is 0.948. The van der Waals surface area contributed by atoms with Gasteiger partial charge in [-0.15, -0.1) is 0 Å². The standard InChI is InChI=1S/C12H15BrN4O/c1-18-9-2-5-16(6-3-9)12-11-14-4-7-17(11)8-10(13)15-12/h4,7-9H,2-3,5-6H2,1H3. The monoisotopic (exact) mass is 310 g/mol. The summed E-state index contributed by atoms with van der Waals surface area (Å²) < 4.78 is 8.22. The average Bonchev–Trinajstić information content (AvgIpc) is 2.86. The van der Waals surface area contributed by atoms with Gasteiger partial charge in [-0.1, -0.05) is 0 Å². The van der Waals surface area contributed by atoms with Crippen LogP contribution in [0.1, 0.15) is 12.8 Å². The van der Waals surface area contributed by atoms with Crippen molar-refractivity contribution in [2.45, 2.75) is 18.9 Å². The molecule has 3 rings (SSSR count). The highest BCUT2D eigenvalue weighted by Crippen LogP contribution is 2.24. The van der Waals surface area contributed by atoms with Crippen molar-refractivity contribution < 1.29 is 4.74 Å². The molecule has 2 aromatic heterocycles. The normalized spacial score (nSPS) is 17.6. The third-order valence-corrected chi connectivity index (χ3v) is 3.78. The van der Waals surface area contributed by atoms with Crippen molar-refractivity contribution in [1.82, 2.24) is 14.4 Å². The number of ether oxygens (including phenoxy) is 1. The number of rotatable bonds is 2. The molecule has 96 valence electrons. The maximum atomic E-state index is 5.39. The van der Waals surface area contributed by atoms with Gasteiger partial charge in [0.25, 0.3) is 0 Å². The van der Waals surface area contributed by atoms with E-state index in [1.165, 1.54) is 0 Å². The number of hydrogen-bond donors (Lipinski definition) is 0. The molecule has 0 radical (unpaired) electrons. The molecule has 0 bridgehead atoms. The van der Waals surface area contributed by atoms with Crippen molar-refractivity contribution >= 4 is 27.4 Å². The zero-order chi connectivity index (χ0) is 12.5. The predicted octanol–water partition coefficient (Wildman–Crippen LogP) is 2.11. The molecular formula is C12H15BrN4O. The van der Waals surface area contributed by atoms with Crippen LogP contribution in [0.25, 0.3) is 5.65 Å². The van der Waals surface area contributed by atoms with Crippen molar-refractivity contribution in [2.75, 3.05) is 25.1 Å². The van der Waals surface area contributed by atoms with Gasteiger partial charge in [0.1, 0.15) is 4.60 Å². The second-order valence-electron chi connectivity index (χ2n) is 4.47. The summed E-state index contributed by atoms with van der Waals surface area (Å²) in [6, 6.07) is 0. The van der Waals surface area contributed by atoms with Gasteiger partial charge in [-0.2, -0.15) is 0 Å². The molecule has 0 atom stereocenters. The van der Waals surface area contributed by atoms with Crippen LogP contribution in [0, 0.1) is 0 Å². The van der Waals surface area contributed by atoms with Crippen LogP contribution in [-0.2, 0) is 4.74 Å². The summed E-state index contributed by atoms with van der Waals surface area (Å²) in [6.45, 7) is 1.93. The first-order valence-electron chi connectivity index (χ1n) is 6.05. The Labute approximate surface area is 114 Å². The van der Waals surface area contributed by atoms with E-state index < -0.39 is 0 Å². The van der Waals surface area contributed by atoms with Crippen LogP contribution in [0.4, 0.5) is 5.82 Å². The molecule has 0 unspecified atom stereocenters. The Balaban J connectivity index is 1.92. The number of halogens is 1. The maximum absolute atomic E-state index is 5.39. The van der Waals surface area contributed by atoms with E-state index in [4.69, 9.17) is 4.74 Å². The third-order valence-electron chi connectivity index (χ3n) is 3.40. The van der Waals surface area contributed by atoms with E-state index in [9.17, 15) is 0 Å². The van der Waals surface area contributed by atoms with Gasteiger partial charge in [0, 0.05) is 38.8 Å². The summed E-state index contributed by atoms with van der Waals surface area (Å²) in [4.78, 5) is 11.2. The molecule has 0 aromatic carbocycles. The summed E-state index contributed by atoms with van der Waals surface area (Å²) in [5.41, 5.74) is 0.911. The Morgan fingerprint density at radius 3 is 2.89 bits per heavy atom. The van der Waals surface area contributed by atoms with Crippen LogP contribution in [0.2, 0.25) is 0 Å². The number of fused-ring (bicyclic) bond motifs is 1. The summed E-state index contributed by atoms with van der Waals surface area (Å²) >= 11 is 3.45. The number of hydrogen-bond acceptors (Lipinski definition) is 4. The lowest BCUT2D eigenvalue weighted by molar-refractivity contribution is 0.0818. The smallest absolute Gasteiger partial charge is 0.180 e. The number of piperidine rings is 1. The molecule has 2 aromatic rings. The highest BCUT2D eigenvalue weighted by atomic mass is 79.9. The Hall–Kier alpha value is -1.14. The first kappa shape index (κ1) is 11.9. The molecule has 0 N–H and O–H groups in total. The van der Waals surface area contributed by atoms with Crippen LogP contribution < -0.4 is 4.90 Å². The van der Waals surface area contributed by atoms with Crippen molar-refractivity contribution in [3.05, 3.63) is 23.2 Å². The fourth-order valence-electron chi connectivity index (χ4n) is 2.40. The Morgan fingerprint density at radius 2 is 2.17 bits per heavy atom. The average molecular weight is 311 g/mol. The molecule has 0 aliphatic carbocycles. The van der Waals surface area contributed by atoms with E-state index in [2.05, 4.69) is 30.8 Å². The number of aromatic nitrogens is 3. The zero-order valence-electron chi connectivity index (χ0n) is 10.2. The Kier molecular flexibility index (Phi) is 3.22. The maximum Gasteiger partial charge on any atom is 0.180 e. The second-order valence-corrected chi connectivity index (χ2v) is 5.28. The van der Waals surface area contributed by atoms with Crippen molar-refractivity contribution in [1.29, 1.82) is 0 Å². The van der Waals surface area contributed by atoms with Crippen LogP contribution in [0.5, 0.6) is 0 Å². The quantitative estimate of drug-likeness (QED) is 0.852. The van der Waals surface area contributed by atoms with E-state index in [1.807, 2.05) is 16.8 Å². The lowest BCUT2D eigenvalue weighted by Gasteiger charge is -2.32. The molecule has 3 heterocycles. The minimum absolute atomic E-state index is 0.379. The van der Waals surface area contributed by atoms with Crippen LogP contribution >= 0.6 is 15.9 Å². The third kappa shape index (κ3) is 2.10. The first-order valence-corrected chi connectivity index (χ1v) is 6.84. The minimum atomic E-state index is 0.379. The molecule has 0 saturated carbocycles. The predicted molar refractivity (Wildman–Crippen MR) is 72.9 cm³/mol. The fourth-order valence-corrected chi connectivity index (χ4v) is 2.79. The van der Waals surface area contributed by atoms with Gasteiger partial charge in [0.15, 0.2) is 11.5 Å². The Morgan fingerprint density at radius 1 is 1.39 bits per heavy atom. The van der Waals surface area contributed by atoms with Crippen LogP contribution in [-0.4, -0.2) is 40.7 Å². The lowest BCUT2D eigenvalue weighted by atomic mass is 10.1. The van der Waals surface area contributed by atoms with Crippen molar-refractivity contribution in [3.63, 3.8) is 0 Å². The topological polar surface area (TPSA) is 42.7 Å². The molecule has 1 fully saturated rings. The van der Waals surface area contributed by atoms with Gasteiger partial charge < -0.3 is 14.0 Å². The highest BCUT2D eigenvalue weighted by Gasteiger charge is 2.22. The molecule has 1 aliphatic heterocycles. The van der Waals surface area contributed by atoms with Gasteiger partial charge in [-0.3, -0.25) is 0 Å². The molecule has 0 amide bonds. The highest BCUT2D eigenvalue weighted by molar-refractivity contribution is 9.10. The number of nitrogens with zero attached hydrogens (tertiary/aromatic N) is 4. The molecule has 0 spiro atoms. The molecule has 18 heavy (non-hydrogen) atoms. The first-order chi connectivity index (χ1) is 8.78. The molecule has 6 heteroatoms. The van der Waals surface area contributed by atoms with E-state index in [-0.39, 0.29) is 0 Å². The second kappa shape index (κ2) is 4.85. The van der Waals surface area contributed by atoms with E-state index in [1.54, 1.807) is 13.3 Å². The van der Waals surface area contributed by atoms with Gasteiger partial charge in [0.2, 0.25) is 0 Å². The number of imidazole rings is 1.